The number of nitrogens with zero attached hydrogens (tertiary/aromatic N) is 1. The highest BCUT2D eigenvalue weighted by molar-refractivity contribution is 5.96. The summed E-state index contributed by atoms with van der Waals surface area (Å²) in [5.41, 5.74) is 5.79. The van der Waals surface area contributed by atoms with E-state index in [4.69, 9.17) is 10.8 Å². The lowest BCUT2D eigenvalue weighted by atomic mass is 10.1. The minimum absolute atomic E-state index is 0.00226. The first-order valence-corrected chi connectivity index (χ1v) is 6.03. The van der Waals surface area contributed by atoms with Crippen molar-refractivity contribution in [2.24, 2.45) is 0 Å². The Morgan fingerprint density at radius 2 is 2.24 bits per heavy atom. The van der Waals surface area contributed by atoms with E-state index in [0.717, 1.165) is 6.07 Å². The van der Waals surface area contributed by atoms with Crippen LogP contribution >= 0.6 is 0 Å². The van der Waals surface area contributed by atoms with Gasteiger partial charge in [-0.1, -0.05) is 0 Å². The number of hydrogen-bond donors (Lipinski definition) is 4. The van der Waals surface area contributed by atoms with Gasteiger partial charge in [-0.2, -0.15) is 0 Å². The number of nitrogens with two attached hydrogens (primary N) is 1. The van der Waals surface area contributed by atoms with E-state index < -0.39 is 23.7 Å². The molecule has 0 aliphatic carbocycles. The molecule has 0 radical (unpaired) electrons. The molecule has 0 bridgehead atoms. The van der Waals surface area contributed by atoms with E-state index >= 15 is 0 Å². The van der Waals surface area contributed by atoms with E-state index in [9.17, 15) is 14.0 Å². The third-order valence-corrected chi connectivity index (χ3v) is 2.84. The van der Waals surface area contributed by atoms with Gasteiger partial charge in [0.25, 0.3) is 5.91 Å². The molecule has 1 heterocycles. The highest BCUT2D eigenvalue weighted by atomic mass is 19.1. The van der Waals surface area contributed by atoms with Crippen molar-refractivity contribution in [3.8, 4) is 0 Å². The van der Waals surface area contributed by atoms with Crippen LogP contribution in [-0.4, -0.2) is 33.0 Å². The van der Waals surface area contributed by atoms with Gasteiger partial charge in [0, 0.05) is 23.9 Å². The van der Waals surface area contributed by atoms with Crippen molar-refractivity contribution in [2.45, 2.75) is 12.5 Å². The van der Waals surface area contributed by atoms with Crippen molar-refractivity contribution in [3.63, 3.8) is 0 Å². The van der Waals surface area contributed by atoms with Crippen molar-refractivity contribution < 1.29 is 19.1 Å². The molecule has 0 fully saturated rings. The van der Waals surface area contributed by atoms with Crippen molar-refractivity contribution in [1.29, 1.82) is 0 Å². The summed E-state index contributed by atoms with van der Waals surface area (Å²) in [6.07, 6.45) is 2.91. The summed E-state index contributed by atoms with van der Waals surface area (Å²) in [5, 5.41) is 11.4. The predicted octanol–water partition coefficient (Wildman–Crippen LogP) is 0.557. The van der Waals surface area contributed by atoms with Gasteiger partial charge in [0.15, 0.2) is 0 Å². The quantitative estimate of drug-likeness (QED) is 0.600. The molecular formula is C13H13FN4O3. The zero-order valence-electron chi connectivity index (χ0n) is 10.8. The molecule has 0 saturated heterocycles. The van der Waals surface area contributed by atoms with Crippen LogP contribution in [0.5, 0.6) is 0 Å². The van der Waals surface area contributed by atoms with E-state index in [-0.39, 0.29) is 17.7 Å². The average Bonchev–Trinajstić information content (AvgIpc) is 2.93. The molecule has 2 rings (SSSR count). The fourth-order valence-corrected chi connectivity index (χ4v) is 1.73. The first kappa shape index (κ1) is 14.5. The van der Waals surface area contributed by atoms with Crippen LogP contribution in [-0.2, 0) is 11.2 Å². The average molecular weight is 292 g/mol. The number of carbonyl (C=O) groups is 2. The van der Waals surface area contributed by atoms with Crippen LogP contribution in [0.2, 0.25) is 0 Å². The van der Waals surface area contributed by atoms with Gasteiger partial charge >= 0.3 is 5.97 Å². The summed E-state index contributed by atoms with van der Waals surface area (Å²) in [6, 6.07) is 2.37. The first-order valence-electron chi connectivity index (χ1n) is 6.03. The number of nitrogens with one attached hydrogen (secondary N) is 2. The molecule has 0 aliphatic rings. The smallest absolute Gasteiger partial charge is 0.326 e. The number of aliphatic carboxylic acids is 1. The second kappa shape index (κ2) is 6.04. The highest BCUT2D eigenvalue weighted by Gasteiger charge is 2.22. The molecule has 1 amide bonds. The van der Waals surface area contributed by atoms with Gasteiger partial charge in [0.2, 0.25) is 0 Å². The Morgan fingerprint density at radius 3 is 2.81 bits per heavy atom. The van der Waals surface area contributed by atoms with E-state index in [1.807, 2.05) is 0 Å². The number of halogens is 1. The Morgan fingerprint density at radius 1 is 1.48 bits per heavy atom. The number of aromatic nitrogens is 2. The fraction of sp³-hybridized carbons (Fsp3) is 0.154. The summed E-state index contributed by atoms with van der Waals surface area (Å²) >= 11 is 0. The normalized spacial score (nSPS) is 11.9. The standard InChI is InChI=1S/C13H13FN4O3/c14-9-3-7(1-2-10(9)15)12(19)18-11(13(20)21)4-8-5-16-6-17-8/h1-3,5-6,11H,4,15H2,(H,16,17)(H,18,19)(H,20,21). The van der Waals surface area contributed by atoms with Gasteiger partial charge in [-0.15, -0.1) is 0 Å². The predicted molar refractivity (Wildman–Crippen MR) is 72.0 cm³/mol. The lowest BCUT2D eigenvalue weighted by Gasteiger charge is -2.13. The van der Waals surface area contributed by atoms with Gasteiger partial charge in [-0.05, 0) is 18.2 Å². The number of anilines is 1. The van der Waals surface area contributed by atoms with Crippen LogP contribution < -0.4 is 11.1 Å². The van der Waals surface area contributed by atoms with Crippen molar-refractivity contribution in [1.82, 2.24) is 15.3 Å². The molecule has 0 spiro atoms. The molecule has 1 atom stereocenters. The first-order chi connectivity index (χ1) is 9.97. The Hall–Kier alpha value is -2.90. The van der Waals surface area contributed by atoms with Crippen molar-refractivity contribution in [2.75, 3.05) is 5.73 Å². The number of amides is 1. The molecular weight excluding hydrogens is 279 g/mol. The minimum atomic E-state index is -1.20. The third kappa shape index (κ3) is 3.56. The molecule has 7 nitrogen and oxygen atoms in total. The summed E-state index contributed by atoms with van der Waals surface area (Å²) in [4.78, 5) is 29.6. The Balaban J connectivity index is 2.10. The van der Waals surface area contributed by atoms with E-state index in [2.05, 4.69) is 15.3 Å². The van der Waals surface area contributed by atoms with Crippen molar-refractivity contribution in [3.05, 3.63) is 47.8 Å². The maximum Gasteiger partial charge on any atom is 0.326 e. The second-order valence-corrected chi connectivity index (χ2v) is 4.38. The maximum absolute atomic E-state index is 13.3. The Labute approximate surface area is 119 Å². The van der Waals surface area contributed by atoms with Crippen LogP contribution in [0.3, 0.4) is 0 Å². The van der Waals surface area contributed by atoms with E-state index in [0.29, 0.717) is 5.69 Å². The summed E-state index contributed by atoms with van der Waals surface area (Å²) in [6.45, 7) is 0. The lowest BCUT2D eigenvalue weighted by molar-refractivity contribution is -0.139. The largest absolute Gasteiger partial charge is 0.480 e. The maximum atomic E-state index is 13.3. The monoisotopic (exact) mass is 292 g/mol. The fourth-order valence-electron chi connectivity index (χ4n) is 1.73. The van der Waals surface area contributed by atoms with Gasteiger partial charge in [-0.25, -0.2) is 14.2 Å². The summed E-state index contributed by atoms with van der Waals surface area (Å²) in [5.74, 6) is -2.63. The van der Waals surface area contributed by atoms with E-state index in [1.165, 1.54) is 24.7 Å². The van der Waals surface area contributed by atoms with Gasteiger partial charge in [0.05, 0.1) is 12.0 Å². The molecule has 1 aromatic carbocycles. The number of rotatable bonds is 5. The Kier molecular flexibility index (Phi) is 4.17. The van der Waals surface area contributed by atoms with Gasteiger partial charge < -0.3 is 21.1 Å². The summed E-state index contributed by atoms with van der Waals surface area (Å²) < 4.78 is 13.3. The Bertz CT molecular complexity index is 657. The van der Waals surface area contributed by atoms with Crippen LogP contribution in [0.1, 0.15) is 16.1 Å². The summed E-state index contributed by atoms with van der Waals surface area (Å²) in [7, 11) is 0. The van der Waals surface area contributed by atoms with Crippen LogP contribution in [0.25, 0.3) is 0 Å². The zero-order valence-corrected chi connectivity index (χ0v) is 10.8. The van der Waals surface area contributed by atoms with Gasteiger partial charge in [-0.3, -0.25) is 4.79 Å². The molecule has 1 aromatic heterocycles. The molecule has 5 N–H and O–H groups in total. The number of hydrogen-bond acceptors (Lipinski definition) is 4. The number of carbonyl (C=O) groups excluding carboxylic acids is 1. The number of aromatic amines is 1. The number of nitrogen functional groups attached to an aromatic ring is 1. The molecule has 0 saturated carbocycles. The SMILES string of the molecule is Nc1ccc(C(=O)NC(Cc2cnc[nH]2)C(=O)O)cc1F. The molecule has 21 heavy (non-hydrogen) atoms. The van der Waals surface area contributed by atoms with Crippen molar-refractivity contribution >= 4 is 17.6 Å². The minimum Gasteiger partial charge on any atom is -0.480 e. The lowest BCUT2D eigenvalue weighted by Crippen LogP contribution is -2.42. The molecule has 0 aliphatic heterocycles. The highest BCUT2D eigenvalue weighted by Crippen LogP contribution is 2.12. The second-order valence-electron chi connectivity index (χ2n) is 4.38. The van der Waals surface area contributed by atoms with Gasteiger partial charge in [0.1, 0.15) is 11.9 Å². The van der Waals surface area contributed by atoms with E-state index in [1.54, 1.807) is 0 Å². The number of benzene rings is 1. The molecule has 8 heteroatoms. The van der Waals surface area contributed by atoms with Crippen LogP contribution in [0, 0.1) is 5.82 Å². The number of H-pyrrole nitrogens is 1. The topological polar surface area (TPSA) is 121 Å². The molecule has 110 valence electrons. The zero-order chi connectivity index (χ0) is 15.4. The molecule has 1 unspecified atom stereocenters. The number of carboxylic acids is 1. The number of carboxylic acid groups (broad SMARTS) is 1. The van der Waals surface area contributed by atoms with Crippen LogP contribution in [0.15, 0.2) is 30.7 Å². The third-order valence-electron chi connectivity index (χ3n) is 2.84. The number of imidazole rings is 1. The van der Waals surface area contributed by atoms with Crippen LogP contribution in [0.4, 0.5) is 10.1 Å². The molecule has 2 aromatic rings.